The van der Waals surface area contributed by atoms with Crippen molar-refractivity contribution in [3.05, 3.63) is 29.0 Å². The van der Waals surface area contributed by atoms with Crippen molar-refractivity contribution in [3.8, 4) is 0 Å². The van der Waals surface area contributed by atoms with Gasteiger partial charge in [0, 0.05) is 33.5 Å². The van der Waals surface area contributed by atoms with Gasteiger partial charge >= 0.3 is 0 Å². The fourth-order valence-corrected chi connectivity index (χ4v) is 4.61. The van der Waals surface area contributed by atoms with Gasteiger partial charge in [0.2, 0.25) is 21.1 Å². The minimum atomic E-state index is -3.60. The summed E-state index contributed by atoms with van der Waals surface area (Å²) < 4.78 is 53.3. The second kappa shape index (κ2) is 9.96. The van der Waals surface area contributed by atoms with E-state index in [1.165, 1.54) is 20.2 Å². The normalized spacial score (nSPS) is 12.2. The summed E-state index contributed by atoms with van der Waals surface area (Å²) in [6.07, 6.45) is -0.542. The van der Waals surface area contributed by atoms with E-state index in [0.29, 0.717) is 35.6 Å². The Morgan fingerprint density at radius 2 is 2.03 bits per heavy atom. The van der Waals surface area contributed by atoms with Gasteiger partial charge in [-0.2, -0.15) is 0 Å². The van der Waals surface area contributed by atoms with E-state index in [0.717, 1.165) is 22.7 Å². The zero-order chi connectivity index (χ0) is 23.5. The molecule has 1 amide bonds. The highest BCUT2D eigenvalue weighted by molar-refractivity contribution is 7.89. The van der Waals surface area contributed by atoms with Gasteiger partial charge in [-0.15, -0.1) is 10.2 Å². The molecule has 0 unspecified atom stereocenters. The molecule has 174 valence electrons. The number of nitrogens with zero attached hydrogens (tertiary/aromatic N) is 5. The minimum absolute atomic E-state index is 0.0170. The van der Waals surface area contributed by atoms with Crippen LogP contribution in [-0.4, -0.2) is 52.5 Å². The van der Waals surface area contributed by atoms with Crippen molar-refractivity contribution in [1.82, 2.24) is 24.1 Å². The van der Waals surface area contributed by atoms with E-state index in [9.17, 15) is 22.0 Å². The number of sulfonamides is 1. The summed E-state index contributed by atoms with van der Waals surface area (Å²) in [5, 5.41) is 8.93. The Balaban J connectivity index is 1.81. The Labute approximate surface area is 188 Å². The molecule has 2 heterocycles. The predicted octanol–water partition coefficient (Wildman–Crippen LogP) is 3.45. The van der Waals surface area contributed by atoms with Crippen molar-refractivity contribution in [1.29, 1.82) is 0 Å². The van der Waals surface area contributed by atoms with Crippen LogP contribution in [0.15, 0.2) is 23.1 Å². The fraction of sp³-hybridized carbons (Fsp3) is 0.474. The Hall–Kier alpha value is -2.51. The molecule has 0 fully saturated rings. The van der Waals surface area contributed by atoms with E-state index < -0.39 is 27.4 Å². The third-order valence-electron chi connectivity index (χ3n) is 4.76. The van der Waals surface area contributed by atoms with Crippen molar-refractivity contribution in [2.45, 2.75) is 50.5 Å². The zero-order valence-corrected chi connectivity index (χ0v) is 19.5. The molecular weight excluding hydrogens is 462 g/mol. The maximum Gasteiger partial charge on any atom is 0.291 e. The lowest BCUT2D eigenvalue weighted by molar-refractivity contribution is -0.116. The predicted molar refractivity (Wildman–Crippen MR) is 117 cm³/mol. The number of nitrogens with one attached hydrogen (secondary N) is 1. The van der Waals surface area contributed by atoms with Gasteiger partial charge in [0.15, 0.2) is 5.01 Å². The second-order valence-corrected chi connectivity index (χ2v) is 10.4. The maximum absolute atomic E-state index is 12.6. The number of rotatable bonds is 10. The number of unbranched alkanes of at least 4 members (excludes halogenated alkanes) is 1. The number of hydrogen-bond acceptors (Lipinski definition) is 7. The van der Waals surface area contributed by atoms with Crippen LogP contribution in [0.3, 0.4) is 0 Å². The first-order chi connectivity index (χ1) is 15.1. The Morgan fingerprint density at radius 3 is 2.66 bits per heavy atom. The zero-order valence-electron chi connectivity index (χ0n) is 17.9. The molecule has 3 rings (SSSR count). The van der Waals surface area contributed by atoms with Gasteiger partial charge in [-0.1, -0.05) is 24.7 Å². The Kier molecular flexibility index (Phi) is 7.51. The molecule has 0 aliphatic rings. The molecule has 13 heteroatoms. The molecule has 9 nitrogen and oxygen atoms in total. The van der Waals surface area contributed by atoms with Crippen LogP contribution in [0.2, 0.25) is 0 Å². The quantitative estimate of drug-likeness (QED) is 0.470. The van der Waals surface area contributed by atoms with Crippen molar-refractivity contribution in [3.63, 3.8) is 0 Å². The number of carbonyl (C=O) groups excluding carboxylic acids is 1. The number of halogens is 2. The highest BCUT2D eigenvalue weighted by Gasteiger charge is 2.20. The van der Waals surface area contributed by atoms with E-state index in [-0.39, 0.29) is 16.4 Å². The van der Waals surface area contributed by atoms with E-state index in [1.807, 2.05) is 4.57 Å². The van der Waals surface area contributed by atoms with Gasteiger partial charge in [-0.25, -0.2) is 26.5 Å². The topological polar surface area (TPSA) is 110 Å². The third-order valence-corrected chi connectivity index (χ3v) is 7.42. The van der Waals surface area contributed by atoms with Crippen LogP contribution in [0, 0.1) is 0 Å². The summed E-state index contributed by atoms with van der Waals surface area (Å²) in [5.74, 6) is 0.250. The van der Waals surface area contributed by atoms with Crippen molar-refractivity contribution < 1.29 is 22.0 Å². The second-order valence-electron chi connectivity index (χ2n) is 7.27. The number of fused-ring (bicyclic) bond motifs is 1. The van der Waals surface area contributed by atoms with Gasteiger partial charge in [0.1, 0.15) is 5.82 Å². The summed E-state index contributed by atoms with van der Waals surface area (Å²) in [6, 6.07) is 4.81. The molecule has 0 saturated heterocycles. The molecule has 32 heavy (non-hydrogen) atoms. The molecule has 0 aliphatic heterocycles. The summed E-state index contributed by atoms with van der Waals surface area (Å²) in [6.45, 7) is 2.74. The smallest absolute Gasteiger partial charge is 0.291 e. The standard InChI is InChI=1S/C19H24F2N6O3S2/c1-4-5-10-27-14-7-6-12(32(29,30)26(2)3)11-13(14)22-15(27)8-9-16(28)23-19-25-24-18(31-19)17(20)21/h6-7,11,17H,4-5,8-10H2,1-3H3,(H,23,25,28). The molecule has 0 spiro atoms. The van der Waals surface area contributed by atoms with Crippen molar-refractivity contribution in [2.24, 2.45) is 0 Å². The summed E-state index contributed by atoms with van der Waals surface area (Å²) in [4.78, 5) is 17.0. The first kappa shape index (κ1) is 24.1. The van der Waals surface area contributed by atoms with Crippen LogP contribution in [-0.2, 0) is 27.8 Å². The molecule has 1 aromatic carbocycles. The largest absolute Gasteiger partial charge is 0.328 e. The molecule has 0 atom stereocenters. The lowest BCUT2D eigenvalue weighted by Crippen LogP contribution is -2.22. The number of anilines is 1. The van der Waals surface area contributed by atoms with Gasteiger partial charge in [-0.3, -0.25) is 4.79 Å². The van der Waals surface area contributed by atoms with Gasteiger partial charge in [0.05, 0.1) is 15.9 Å². The van der Waals surface area contributed by atoms with E-state index in [2.05, 4.69) is 27.4 Å². The molecule has 2 aromatic heterocycles. The Morgan fingerprint density at radius 1 is 1.28 bits per heavy atom. The van der Waals surface area contributed by atoms with E-state index in [1.54, 1.807) is 12.1 Å². The van der Waals surface area contributed by atoms with Crippen LogP contribution < -0.4 is 5.32 Å². The van der Waals surface area contributed by atoms with E-state index in [4.69, 9.17) is 0 Å². The SMILES string of the molecule is CCCCn1c(CCC(=O)Nc2nnc(C(F)F)s2)nc2cc(S(=O)(=O)N(C)C)ccc21. The van der Waals surface area contributed by atoms with Crippen LogP contribution >= 0.6 is 11.3 Å². The molecule has 0 aliphatic carbocycles. The lowest BCUT2D eigenvalue weighted by atomic mass is 10.2. The number of imidazole rings is 1. The number of hydrogen-bond donors (Lipinski definition) is 1. The summed E-state index contributed by atoms with van der Waals surface area (Å²) >= 11 is 0.629. The number of benzene rings is 1. The number of aryl methyl sites for hydroxylation is 2. The highest BCUT2D eigenvalue weighted by Crippen LogP contribution is 2.26. The summed E-state index contributed by atoms with van der Waals surface area (Å²) in [5.41, 5.74) is 1.32. The highest BCUT2D eigenvalue weighted by atomic mass is 32.2. The van der Waals surface area contributed by atoms with Gasteiger partial charge in [0.25, 0.3) is 6.43 Å². The summed E-state index contributed by atoms with van der Waals surface area (Å²) in [7, 11) is -0.671. The monoisotopic (exact) mass is 486 g/mol. The maximum atomic E-state index is 12.6. The number of carbonyl (C=O) groups is 1. The third kappa shape index (κ3) is 5.27. The van der Waals surface area contributed by atoms with Crippen molar-refractivity contribution >= 4 is 43.4 Å². The van der Waals surface area contributed by atoms with Gasteiger partial charge in [-0.05, 0) is 24.6 Å². The molecule has 0 radical (unpaired) electrons. The van der Waals surface area contributed by atoms with Crippen LogP contribution in [0.1, 0.15) is 43.4 Å². The lowest BCUT2D eigenvalue weighted by Gasteiger charge is -2.11. The molecule has 3 aromatic rings. The number of aromatic nitrogens is 4. The van der Waals surface area contributed by atoms with Crippen molar-refractivity contribution in [2.75, 3.05) is 19.4 Å². The Bertz CT molecular complexity index is 1210. The van der Waals surface area contributed by atoms with E-state index >= 15 is 0 Å². The average Bonchev–Trinajstić information content (AvgIpc) is 3.34. The van der Waals surface area contributed by atoms with Crippen LogP contribution in [0.5, 0.6) is 0 Å². The first-order valence-corrected chi connectivity index (χ1v) is 12.2. The number of amides is 1. The first-order valence-electron chi connectivity index (χ1n) is 9.96. The molecule has 0 saturated carbocycles. The van der Waals surface area contributed by atoms with Crippen LogP contribution in [0.25, 0.3) is 11.0 Å². The molecular formula is C19H24F2N6O3S2. The fourth-order valence-electron chi connectivity index (χ4n) is 3.07. The average molecular weight is 487 g/mol. The minimum Gasteiger partial charge on any atom is -0.328 e. The molecule has 0 bridgehead atoms. The van der Waals surface area contributed by atoms with Gasteiger partial charge < -0.3 is 9.88 Å². The van der Waals surface area contributed by atoms with Crippen LogP contribution in [0.4, 0.5) is 13.9 Å². The molecule has 1 N–H and O–H groups in total. The number of alkyl halides is 2.